The lowest BCUT2D eigenvalue weighted by Gasteiger charge is -2.09. The summed E-state index contributed by atoms with van der Waals surface area (Å²) in [5.74, 6) is -3.10. The van der Waals surface area contributed by atoms with Gasteiger partial charge in [-0.2, -0.15) is 0 Å². The minimum absolute atomic E-state index is 0.200. The largest absolute Gasteiger partial charge is 0.481 e. The van der Waals surface area contributed by atoms with Gasteiger partial charge < -0.3 is 19.7 Å². The fourth-order valence-electron chi connectivity index (χ4n) is 0.994. The molecule has 6 nitrogen and oxygen atoms in total. The van der Waals surface area contributed by atoms with Crippen LogP contribution in [0.5, 0.6) is 0 Å². The highest BCUT2D eigenvalue weighted by atomic mass is 16.5. The third-order valence-corrected chi connectivity index (χ3v) is 1.81. The number of hydrogen-bond acceptors (Lipinski definition) is 4. The molecule has 0 aromatic rings. The molecule has 0 spiro atoms. The second-order valence-corrected chi connectivity index (χ2v) is 3.03. The molecule has 6 heteroatoms. The van der Waals surface area contributed by atoms with Crippen LogP contribution >= 0.6 is 0 Å². The van der Waals surface area contributed by atoms with E-state index in [4.69, 9.17) is 19.7 Å². The quantitative estimate of drug-likeness (QED) is 0.540. The summed E-state index contributed by atoms with van der Waals surface area (Å²) in [7, 11) is 1.54. The molecule has 0 aliphatic carbocycles. The SMILES string of the molecule is COCCOCCC(CC(=O)O)C(=O)O. The lowest BCUT2D eigenvalue weighted by molar-refractivity contribution is -0.149. The van der Waals surface area contributed by atoms with E-state index in [0.29, 0.717) is 13.2 Å². The van der Waals surface area contributed by atoms with Crippen LogP contribution in [-0.4, -0.2) is 49.1 Å². The molecule has 0 saturated carbocycles. The molecule has 0 bridgehead atoms. The highest BCUT2D eigenvalue weighted by molar-refractivity contribution is 5.77. The standard InChI is InChI=1S/C9H16O6/c1-14-4-5-15-3-2-7(9(12)13)6-8(10)11/h7H,2-6H2,1H3,(H,10,11)(H,12,13). The first-order chi connectivity index (χ1) is 7.07. The van der Waals surface area contributed by atoms with Gasteiger partial charge in [0.15, 0.2) is 0 Å². The summed E-state index contributed by atoms with van der Waals surface area (Å²) >= 11 is 0. The van der Waals surface area contributed by atoms with Crippen LogP contribution in [0, 0.1) is 5.92 Å². The molecule has 0 aromatic carbocycles. The van der Waals surface area contributed by atoms with Crippen LogP contribution in [0.3, 0.4) is 0 Å². The summed E-state index contributed by atoms with van der Waals surface area (Å²) in [6.07, 6.45) is -0.172. The van der Waals surface area contributed by atoms with E-state index in [9.17, 15) is 9.59 Å². The minimum atomic E-state index is -1.11. The third-order valence-electron chi connectivity index (χ3n) is 1.81. The highest BCUT2D eigenvalue weighted by Crippen LogP contribution is 2.09. The van der Waals surface area contributed by atoms with Gasteiger partial charge in [-0.1, -0.05) is 0 Å². The van der Waals surface area contributed by atoms with Crippen molar-refractivity contribution in [3.05, 3.63) is 0 Å². The van der Waals surface area contributed by atoms with Gasteiger partial charge in [-0.25, -0.2) is 0 Å². The number of hydrogen-bond donors (Lipinski definition) is 2. The Morgan fingerprint density at radius 2 is 1.87 bits per heavy atom. The number of carbonyl (C=O) groups is 2. The van der Waals surface area contributed by atoms with Crippen molar-refractivity contribution in [3.8, 4) is 0 Å². The second-order valence-electron chi connectivity index (χ2n) is 3.03. The van der Waals surface area contributed by atoms with Crippen molar-refractivity contribution in [1.82, 2.24) is 0 Å². The molecule has 88 valence electrons. The molecule has 2 N–H and O–H groups in total. The Morgan fingerprint density at radius 3 is 2.33 bits per heavy atom. The van der Waals surface area contributed by atoms with E-state index in [1.165, 1.54) is 7.11 Å². The normalized spacial score (nSPS) is 12.3. The van der Waals surface area contributed by atoms with Crippen LogP contribution in [0.4, 0.5) is 0 Å². The van der Waals surface area contributed by atoms with Crippen LogP contribution in [0.15, 0.2) is 0 Å². The predicted molar refractivity (Wildman–Crippen MR) is 50.7 cm³/mol. The molecule has 0 rings (SSSR count). The van der Waals surface area contributed by atoms with Crippen LogP contribution in [0.1, 0.15) is 12.8 Å². The van der Waals surface area contributed by atoms with Gasteiger partial charge in [0, 0.05) is 13.7 Å². The topological polar surface area (TPSA) is 93.1 Å². The van der Waals surface area contributed by atoms with E-state index in [1.54, 1.807) is 0 Å². The first-order valence-electron chi connectivity index (χ1n) is 4.59. The summed E-state index contributed by atoms with van der Waals surface area (Å²) < 4.78 is 9.78. The summed E-state index contributed by atoms with van der Waals surface area (Å²) in [5, 5.41) is 17.1. The van der Waals surface area contributed by atoms with E-state index < -0.39 is 17.9 Å². The van der Waals surface area contributed by atoms with Gasteiger partial charge in [-0.3, -0.25) is 9.59 Å². The van der Waals surface area contributed by atoms with Crippen molar-refractivity contribution in [3.63, 3.8) is 0 Å². The van der Waals surface area contributed by atoms with Crippen molar-refractivity contribution in [2.75, 3.05) is 26.9 Å². The zero-order valence-corrected chi connectivity index (χ0v) is 8.64. The van der Waals surface area contributed by atoms with Crippen molar-refractivity contribution in [1.29, 1.82) is 0 Å². The molecule has 0 heterocycles. The molecule has 15 heavy (non-hydrogen) atoms. The maximum atomic E-state index is 10.6. The summed E-state index contributed by atoms with van der Waals surface area (Å²) in [5.41, 5.74) is 0. The van der Waals surface area contributed by atoms with Crippen molar-refractivity contribution < 1.29 is 29.3 Å². The molecular formula is C9H16O6. The maximum absolute atomic E-state index is 10.6. The predicted octanol–water partition coefficient (Wildman–Crippen LogP) is 0.215. The van der Waals surface area contributed by atoms with Gasteiger partial charge in [-0.05, 0) is 6.42 Å². The smallest absolute Gasteiger partial charge is 0.307 e. The molecule has 0 amide bonds. The highest BCUT2D eigenvalue weighted by Gasteiger charge is 2.20. The van der Waals surface area contributed by atoms with Crippen LogP contribution in [-0.2, 0) is 19.1 Å². The Morgan fingerprint density at radius 1 is 1.20 bits per heavy atom. The Hall–Kier alpha value is -1.14. The molecule has 0 aromatic heterocycles. The van der Waals surface area contributed by atoms with Gasteiger partial charge in [0.05, 0.1) is 25.6 Å². The number of carboxylic acids is 2. The van der Waals surface area contributed by atoms with Crippen LogP contribution in [0.2, 0.25) is 0 Å². The summed E-state index contributed by atoms with van der Waals surface area (Å²) in [6.45, 7) is 1.06. The summed E-state index contributed by atoms with van der Waals surface area (Å²) in [4.78, 5) is 20.9. The molecular weight excluding hydrogens is 204 g/mol. The van der Waals surface area contributed by atoms with Crippen molar-refractivity contribution in [2.24, 2.45) is 5.92 Å². The number of aliphatic carboxylic acids is 2. The first-order valence-corrected chi connectivity index (χ1v) is 4.59. The molecule has 0 saturated heterocycles. The molecule has 1 atom stereocenters. The van der Waals surface area contributed by atoms with Crippen LogP contribution in [0.25, 0.3) is 0 Å². The van der Waals surface area contributed by atoms with Gasteiger partial charge >= 0.3 is 11.9 Å². The number of ether oxygens (including phenoxy) is 2. The fraction of sp³-hybridized carbons (Fsp3) is 0.778. The van der Waals surface area contributed by atoms with E-state index in [0.717, 1.165) is 0 Å². The van der Waals surface area contributed by atoms with Gasteiger partial charge in [0.25, 0.3) is 0 Å². The first kappa shape index (κ1) is 13.9. The van der Waals surface area contributed by atoms with E-state index in [1.807, 2.05) is 0 Å². The average molecular weight is 220 g/mol. The van der Waals surface area contributed by atoms with Gasteiger partial charge in [0.1, 0.15) is 0 Å². The third kappa shape index (κ3) is 7.90. The van der Waals surface area contributed by atoms with Gasteiger partial charge in [0.2, 0.25) is 0 Å². The Kier molecular flexibility index (Phi) is 7.57. The average Bonchev–Trinajstić information content (AvgIpc) is 2.15. The monoisotopic (exact) mass is 220 g/mol. The Bertz CT molecular complexity index is 203. The van der Waals surface area contributed by atoms with Gasteiger partial charge in [-0.15, -0.1) is 0 Å². The summed E-state index contributed by atoms with van der Waals surface area (Å²) in [6, 6.07) is 0. The lowest BCUT2D eigenvalue weighted by Crippen LogP contribution is -2.20. The van der Waals surface area contributed by atoms with E-state index >= 15 is 0 Å². The zero-order valence-electron chi connectivity index (χ0n) is 8.64. The molecule has 0 fully saturated rings. The van der Waals surface area contributed by atoms with E-state index in [-0.39, 0.29) is 19.4 Å². The van der Waals surface area contributed by atoms with Crippen molar-refractivity contribution in [2.45, 2.75) is 12.8 Å². The van der Waals surface area contributed by atoms with Crippen molar-refractivity contribution >= 4 is 11.9 Å². The zero-order chi connectivity index (χ0) is 11.7. The Balaban J connectivity index is 3.67. The number of carboxylic acid groups (broad SMARTS) is 2. The molecule has 0 aliphatic heterocycles. The lowest BCUT2D eigenvalue weighted by atomic mass is 10.0. The minimum Gasteiger partial charge on any atom is -0.481 e. The molecule has 1 unspecified atom stereocenters. The Labute approximate surface area is 87.8 Å². The number of methoxy groups -OCH3 is 1. The second kappa shape index (κ2) is 8.19. The molecule has 0 radical (unpaired) electrons. The molecule has 0 aliphatic rings. The number of rotatable bonds is 9. The van der Waals surface area contributed by atoms with Crippen LogP contribution < -0.4 is 0 Å². The maximum Gasteiger partial charge on any atom is 0.307 e. The van der Waals surface area contributed by atoms with E-state index in [2.05, 4.69) is 0 Å². The fourth-order valence-corrected chi connectivity index (χ4v) is 0.994.